The Morgan fingerprint density at radius 2 is 2.22 bits per heavy atom. The summed E-state index contributed by atoms with van der Waals surface area (Å²) in [4.78, 5) is 14.0. The molecule has 1 N–H and O–H groups in total. The number of fused-ring (bicyclic) bond motifs is 5. The molecule has 1 fully saturated rings. The third-order valence-corrected chi connectivity index (χ3v) is 3.22. The fourth-order valence-electron chi connectivity index (χ4n) is 2.54. The van der Waals surface area contributed by atoms with Gasteiger partial charge < -0.3 is 9.47 Å². The molecule has 0 aliphatic carbocycles. The zero-order chi connectivity index (χ0) is 12.9. The third kappa shape index (κ3) is 1.68. The Balaban J connectivity index is 1.87. The number of amides is 1. The van der Waals surface area contributed by atoms with Gasteiger partial charge in [0, 0.05) is 5.56 Å². The average Bonchev–Trinajstić information content (AvgIpc) is 2.79. The highest BCUT2D eigenvalue weighted by Gasteiger charge is 2.47. The van der Waals surface area contributed by atoms with E-state index in [1.807, 2.05) is 20.8 Å². The van der Waals surface area contributed by atoms with E-state index in [4.69, 9.17) is 9.47 Å². The zero-order valence-corrected chi connectivity index (χ0v) is 10.8. The minimum absolute atomic E-state index is 0.0765. The quantitative estimate of drug-likeness (QED) is 0.763. The molecule has 3 rings (SSSR count). The maximum atomic E-state index is 12.3. The lowest BCUT2D eigenvalue weighted by atomic mass is 10.1. The van der Waals surface area contributed by atoms with Gasteiger partial charge in [-0.2, -0.15) is 5.10 Å². The molecule has 2 atom stereocenters. The second kappa shape index (κ2) is 3.71. The van der Waals surface area contributed by atoms with Crippen LogP contribution in [-0.2, 0) is 9.47 Å². The summed E-state index contributed by atoms with van der Waals surface area (Å²) in [5.41, 5.74) is 1.53. The first-order valence-corrected chi connectivity index (χ1v) is 6.09. The molecule has 0 saturated carbocycles. The topological polar surface area (TPSA) is 67.4 Å². The Morgan fingerprint density at radius 3 is 2.94 bits per heavy atom. The van der Waals surface area contributed by atoms with Crippen LogP contribution in [0.2, 0.25) is 0 Å². The fraction of sp³-hybridized carbons (Fsp3) is 0.667. The summed E-state index contributed by atoms with van der Waals surface area (Å²) < 4.78 is 11.0. The van der Waals surface area contributed by atoms with Gasteiger partial charge in [-0.25, -0.2) is 4.79 Å². The van der Waals surface area contributed by atoms with E-state index >= 15 is 0 Å². The van der Waals surface area contributed by atoms with E-state index in [2.05, 4.69) is 10.2 Å². The van der Waals surface area contributed by atoms with Crippen LogP contribution < -0.4 is 0 Å². The minimum Gasteiger partial charge on any atom is -0.444 e. The van der Waals surface area contributed by atoms with Crippen molar-refractivity contribution in [3.8, 4) is 0 Å². The first kappa shape index (κ1) is 11.5. The van der Waals surface area contributed by atoms with Gasteiger partial charge in [0.1, 0.15) is 11.6 Å². The molecule has 0 radical (unpaired) electrons. The molecule has 6 nitrogen and oxygen atoms in total. The van der Waals surface area contributed by atoms with Crippen molar-refractivity contribution in [2.24, 2.45) is 0 Å². The van der Waals surface area contributed by atoms with Crippen LogP contribution >= 0.6 is 0 Å². The Bertz CT molecular complexity index is 451. The smallest absolute Gasteiger partial charge is 0.411 e. The van der Waals surface area contributed by atoms with Crippen molar-refractivity contribution in [1.29, 1.82) is 0 Å². The number of nitrogens with zero attached hydrogens (tertiary/aromatic N) is 2. The van der Waals surface area contributed by atoms with Crippen LogP contribution in [0.25, 0.3) is 0 Å². The van der Waals surface area contributed by atoms with Crippen LogP contribution in [0.1, 0.15) is 44.1 Å². The molecule has 6 heteroatoms. The Labute approximate surface area is 105 Å². The molecular formula is C12H17N3O3. The van der Waals surface area contributed by atoms with Crippen LogP contribution in [0.5, 0.6) is 0 Å². The first-order chi connectivity index (χ1) is 8.47. The van der Waals surface area contributed by atoms with Gasteiger partial charge in [0.05, 0.1) is 31.1 Å². The number of hydrogen-bond donors (Lipinski definition) is 1. The number of carbonyl (C=O) groups is 1. The van der Waals surface area contributed by atoms with Crippen molar-refractivity contribution < 1.29 is 14.3 Å². The van der Waals surface area contributed by atoms with Gasteiger partial charge >= 0.3 is 6.09 Å². The summed E-state index contributed by atoms with van der Waals surface area (Å²) in [5, 5.41) is 6.99. The Kier molecular flexibility index (Phi) is 2.38. The molecule has 0 spiro atoms. The summed E-state index contributed by atoms with van der Waals surface area (Å²) >= 11 is 0. The van der Waals surface area contributed by atoms with Gasteiger partial charge in [-0.05, 0) is 20.8 Å². The van der Waals surface area contributed by atoms with Gasteiger partial charge in [0.15, 0.2) is 0 Å². The molecular weight excluding hydrogens is 234 g/mol. The van der Waals surface area contributed by atoms with Gasteiger partial charge in [0.25, 0.3) is 0 Å². The second-order valence-electron chi connectivity index (χ2n) is 5.70. The van der Waals surface area contributed by atoms with Crippen LogP contribution in [0.4, 0.5) is 4.79 Å². The van der Waals surface area contributed by atoms with Gasteiger partial charge in [-0.3, -0.25) is 10.00 Å². The van der Waals surface area contributed by atoms with Crippen LogP contribution in [0.15, 0.2) is 6.20 Å². The molecule has 2 unspecified atom stereocenters. The second-order valence-corrected chi connectivity index (χ2v) is 5.70. The Morgan fingerprint density at radius 1 is 1.50 bits per heavy atom. The number of aromatic amines is 1. The summed E-state index contributed by atoms with van der Waals surface area (Å²) in [7, 11) is 0. The Hall–Kier alpha value is -1.56. The van der Waals surface area contributed by atoms with Gasteiger partial charge in [-0.15, -0.1) is 0 Å². The van der Waals surface area contributed by atoms with E-state index in [1.54, 1.807) is 11.1 Å². The molecule has 18 heavy (non-hydrogen) atoms. The lowest BCUT2D eigenvalue weighted by Gasteiger charge is -2.35. The van der Waals surface area contributed by atoms with Crippen molar-refractivity contribution in [1.82, 2.24) is 15.1 Å². The summed E-state index contributed by atoms with van der Waals surface area (Å²) in [6.07, 6.45) is 1.48. The predicted molar refractivity (Wildman–Crippen MR) is 63.0 cm³/mol. The third-order valence-electron chi connectivity index (χ3n) is 3.22. The monoisotopic (exact) mass is 251 g/mol. The summed E-state index contributed by atoms with van der Waals surface area (Å²) in [5.74, 6) is 0. The number of morpholine rings is 1. The molecule has 2 bridgehead atoms. The van der Waals surface area contributed by atoms with E-state index in [0.29, 0.717) is 13.2 Å². The molecule has 2 aliphatic heterocycles. The maximum absolute atomic E-state index is 12.3. The number of hydrogen-bond acceptors (Lipinski definition) is 4. The molecule has 1 saturated heterocycles. The molecule has 0 aromatic carbocycles. The van der Waals surface area contributed by atoms with E-state index in [9.17, 15) is 4.79 Å². The predicted octanol–water partition coefficient (Wildman–Crippen LogP) is 1.77. The fourth-order valence-corrected chi connectivity index (χ4v) is 2.54. The number of H-pyrrole nitrogens is 1. The van der Waals surface area contributed by atoms with Crippen molar-refractivity contribution in [2.45, 2.75) is 38.5 Å². The average molecular weight is 251 g/mol. The highest BCUT2D eigenvalue weighted by Crippen LogP contribution is 2.44. The van der Waals surface area contributed by atoms with E-state index in [1.165, 1.54) is 0 Å². The molecule has 1 aromatic rings. The zero-order valence-electron chi connectivity index (χ0n) is 10.8. The maximum Gasteiger partial charge on any atom is 0.411 e. The van der Waals surface area contributed by atoms with Gasteiger partial charge in [-0.1, -0.05) is 0 Å². The first-order valence-electron chi connectivity index (χ1n) is 6.09. The standard InChI is InChI=1S/C12H17N3O3/c1-12(2,3)18-11(16)15-8-5-17-6-9(15)10-7(8)4-13-14-10/h4,8-9H,5-6H2,1-3H3,(H,13,14). The number of rotatable bonds is 0. The van der Waals surface area contributed by atoms with Crippen molar-refractivity contribution >= 4 is 6.09 Å². The highest BCUT2D eigenvalue weighted by molar-refractivity contribution is 5.71. The van der Waals surface area contributed by atoms with E-state index < -0.39 is 5.60 Å². The van der Waals surface area contributed by atoms with Crippen LogP contribution in [0, 0.1) is 0 Å². The largest absolute Gasteiger partial charge is 0.444 e. The highest BCUT2D eigenvalue weighted by atomic mass is 16.6. The van der Waals surface area contributed by atoms with Crippen LogP contribution in [0.3, 0.4) is 0 Å². The summed E-state index contributed by atoms with van der Waals surface area (Å²) in [6, 6.07) is -0.177. The lowest BCUT2D eigenvalue weighted by Crippen LogP contribution is -2.43. The van der Waals surface area contributed by atoms with Crippen LogP contribution in [-0.4, -0.2) is 40.0 Å². The number of carbonyl (C=O) groups excluding carboxylic acids is 1. The van der Waals surface area contributed by atoms with Crippen molar-refractivity contribution in [3.63, 3.8) is 0 Å². The van der Waals surface area contributed by atoms with Crippen molar-refractivity contribution in [2.75, 3.05) is 13.2 Å². The number of aromatic nitrogens is 2. The van der Waals surface area contributed by atoms with E-state index in [0.717, 1.165) is 11.3 Å². The molecule has 1 aromatic heterocycles. The minimum atomic E-state index is -0.485. The summed E-state index contributed by atoms with van der Waals surface area (Å²) in [6.45, 7) is 6.60. The molecule has 98 valence electrons. The lowest BCUT2D eigenvalue weighted by molar-refractivity contribution is -0.0522. The van der Waals surface area contributed by atoms with E-state index in [-0.39, 0.29) is 18.2 Å². The molecule has 1 amide bonds. The molecule has 2 aliphatic rings. The molecule has 3 heterocycles. The number of nitrogens with one attached hydrogen (secondary N) is 1. The SMILES string of the molecule is CC(C)(C)OC(=O)N1C2COCC1c1[nH]ncc12. The normalized spacial score (nSPS) is 26.1. The van der Waals surface area contributed by atoms with Crippen molar-refractivity contribution in [3.05, 3.63) is 17.5 Å². The number of ether oxygens (including phenoxy) is 2. The van der Waals surface area contributed by atoms with Gasteiger partial charge in [0.2, 0.25) is 0 Å².